The third-order valence-corrected chi connectivity index (χ3v) is 3.27. The van der Waals surface area contributed by atoms with Crippen LogP contribution in [0.15, 0.2) is 18.5 Å². The molecule has 3 heterocycles. The fraction of sp³-hybridized carbons (Fsp3) is 0.182. The second-order valence-electron chi connectivity index (χ2n) is 4.13. The molecule has 0 spiro atoms. The van der Waals surface area contributed by atoms with Crippen LogP contribution in [0.3, 0.4) is 0 Å². The minimum atomic E-state index is -0.490. The Bertz CT molecular complexity index is 773. The molecule has 0 atom stereocenters. The summed E-state index contributed by atoms with van der Waals surface area (Å²) in [5, 5.41) is 11.1. The zero-order valence-electron chi connectivity index (χ0n) is 10.7. The molecule has 102 valence electrons. The van der Waals surface area contributed by atoms with Crippen molar-refractivity contribution in [1.29, 1.82) is 0 Å². The van der Waals surface area contributed by atoms with Gasteiger partial charge in [0.2, 0.25) is 5.82 Å². The first kappa shape index (κ1) is 12.5. The molecule has 0 aliphatic heterocycles. The molecular formula is C11H10ClN7O. The summed E-state index contributed by atoms with van der Waals surface area (Å²) in [4.78, 5) is 20.1. The molecule has 0 unspecified atom stereocenters. The summed E-state index contributed by atoms with van der Waals surface area (Å²) < 4.78 is 3.00. The Kier molecular flexibility index (Phi) is 2.87. The molecule has 0 saturated heterocycles. The average Bonchev–Trinajstić information content (AvgIpc) is 2.97. The van der Waals surface area contributed by atoms with E-state index in [2.05, 4.69) is 25.5 Å². The highest BCUT2D eigenvalue weighted by Crippen LogP contribution is 2.23. The van der Waals surface area contributed by atoms with Crippen LogP contribution in [0.25, 0.3) is 5.78 Å². The number of fused-ring (bicyclic) bond motifs is 1. The molecule has 20 heavy (non-hydrogen) atoms. The smallest absolute Gasteiger partial charge is 0.296 e. The number of aryl methyl sites for hydroxylation is 1. The van der Waals surface area contributed by atoms with E-state index in [4.69, 9.17) is 11.6 Å². The van der Waals surface area contributed by atoms with Gasteiger partial charge in [-0.1, -0.05) is 11.6 Å². The maximum Gasteiger partial charge on any atom is 0.296 e. The number of nitrogens with zero attached hydrogens (tertiary/aromatic N) is 6. The molecule has 0 fully saturated rings. The van der Waals surface area contributed by atoms with Crippen LogP contribution in [-0.2, 0) is 7.05 Å². The number of hydrogen-bond donors (Lipinski definition) is 1. The predicted molar refractivity (Wildman–Crippen MR) is 71.7 cm³/mol. The number of halogens is 1. The third-order valence-electron chi connectivity index (χ3n) is 2.81. The van der Waals surface area contributed by atoms with E-state index in [0.29, 0.717) is 10.8 Å². The largest absolute Gasteiger partial charge is 0.301 e. The highest BCUT2D eigenvalue weighted by atomic mass is 35.5. The third kappa shape index (κ3) is 1.99. The van der Waals surface area contributed by atoms with Gasteiger partial charge < -0.3 is 5.32 Å². The predicted octanol–water partition coefficient (Wildman–Crippen LogP) is 1.07. The van der Waals surface area contributed by atoms with Gasteiger partial charge in [0.1, 0.15) is 5.02 Å². The molecule has 1 N–H and O–H groups in total. The van der Waals surface area contributed by atoms with Crippen molar-refractivity contribution >= 4 is 29.1 Å². The van der Waals surface area contributed by atoms with E-state index >= 15 is 0 Å². The summed E-state index contributed by atoms with van der Waals surface area (Å²) in [5.74, 6) is 0.142. The summed E-state index contributed by atoms with van der Waals surface area (Å²) in [7, 11) is 1.74. The Balaban J connectivity index is 1.90. The van der Waals surface area contributed by atoms with Crippen LogP contribution in [0, 0.1) is 6.92 Å². The van der Waals surface area contributed by atoms with Crippen molar-refractivity contribution in [3.05, 3.63) is 35.0 Å². The van der Waals surface area contributed by atoms with Crippen LogP contribution in [0.4, 0.5) is 5.82 Å². The summed E-state index contributed by atoms with van der Waals surface area (Å²) in [6.07, 6.45) is 3.23. The van der Waals surface area contributed by atoms with Gasteiger partial charge in [-0.15, -0.1) is 5.10 Å². The molecule has 0 aliphatic rings. The maximum atomic E-state index is 12.1. The normalized spacial score (nSPS) is 10.9. The first-order valence-electron chi connectivity index (χ1n) is 5.74. The minimum absolute atomic E-state index is 0.00285. The molecule has 0 aromatic carbocycles. The molecular weight excluding hydrogens is 282 g/mol. The molecule has 3 rings (SSSR count). The minimum Gasteiger partial charge on any atom is -0.301 e. The van der Waals surface area contributed by atoms with Gasteiger partial charge in [0, 0.05) is 19.4 Å². The second-order valence-corrected chi connectivity index (χ2v) is 4.50. The molecule has 1 amide bonds. The van der Waals surface area contributed by atoms with Gasteiger partial charge in [-0.05, 0) is 13.0 Å². The Labute approximate surface area is 118 Å². The van der Waals surface area contributed by atoms with E-state index in [1.807, 2.05) is 0 Å². The van der Waals surface area contributed by atoms with Crippen LogP contribution in [-0.4, -0.2) is 35.3 Å². The maximum absolute atomic E-state index is 12.1. The highest BCUT2D eigenvalue weighted by Gasteiger charge is 2.18. The van der Waals surface area contributed by atoms with Crippen LogP contribution >= 0.6 is 11.6 Å². The van der Waals surface area contributed by atoms with Crippen LogP contribution in [0.1, 0.15) is 16.3 Å². The topological polar surface area (TPSA) is 90.0 Å². The Morgan fingerprint density at radius 2 is 2.20 bits per heavy atom. The molecule has 0 radical (unpaired) electrons. The molecule has 8 nitrogen and oxygen atoms in total. The number of carbonyl (C=O) groups is 1. The van der Waals surface area contributed by atoms with Crippen molar-refractivity contribution in [3.8, 4) is 0 Å². The zero-order chi connectivity index (χ0) is 14.3. The lowest BCUT2D eigenvalue weighted by molar-refractivity contribution is 0.101. The molecule has 0 aliphatic carbocycles. The zero-order valence-corrected chi connectivity index (χ0v) is 11.5. The van der Waals surface area contributed by atoms with Crippen molar-refractivity contribution in [1.82, 2.24) is 29.4 Å². The summed E-state index contributed by atoms with van der Waals surface area (Å²) in [5.41, 5.74) is 0.756. The van der Waals surface area contributed by atoms with Gasteiger partial charge in [0.25, 0.3) is 11.7 Å². The SMILES string of the molecule is Cc1c(Cl)c(NC(=O)c2nc3ncccn3n2)nn1C. The molecule has 3 aromatic rings. The van der Waals surface area contributed by atoms with Gasteiger partial charge in [0.15, 0.2) is 5.82 Å². The first-order chi connectivity index (χ1) is 9.56. The van der Waals surface area contributed by atoms with Crippen molar-refractivity contribution in [2.45, 2.75) is 6.92 Å². The Morgan fingerprint density at radius 3 is 2.85 bits per heavy atom. The van der Waals surface area contributed by atoms with E-state index in [1.54, 1.807) is 37.1 Å². The standard InChI is InChI=1S/C11H10ClN7O/c1-6-7(12)8(16-18(6)2)14-10(20)9-15-11-13-4-3-5-19(11)17-9/h3-5H,1-2H3,(H,14,16,20). The molecule has 0 saturated carbocycles. The fourth-order valence-electron chi connectivity index (χ4n) is 1.65. The van der Waals surface area contributed by atoms with E-state index in [1.165, 1.54) is 4.52 Å². The number of rotatable bonds is 2. The molecule has 0 bridgehead atoms. The van der Waals surface area contributed by atoms with Crippen molar-refractivity contribution < 1.29 is 4.79 Å². The quantitative estimate of drug-likeness (QED) is 0.763. The lowest BCUT2D eigenvalue weighted by Gasteiger charge is -1.97. The number of hydrogen-bond acceptors (Lipinski definition) is 5. The Hall–Kier alpha value is -2.48. The van der Waals surface area contributed by atoms with E-state index in [-0.39, 0.29) is 11.6 Å². The fourth-order valence-corrected chi connectivity index (χ4v) is 1.86. The highest BCUT2D eigenvalue weighted by molar-refractivity contribution is 6.34. The van der Waals surface area contributed by atoms with Gasteiger partial charge in [-0.2, -0.15) is 10.1 Å². The van der Waals surface area contributed by atoms with Gasteiger partial charge >= 0.3 is 0 Å². The lowest BCUT2D eigenvalue weighted by atomic mass is 10.4. The number of anilines is 1. The van der Waals surface area contributed by atoms with E-state index < -0.39 is 5.91 Å². The lowest BCUT2D eigenvalue weighted by Crippen LogP contribution is -2.14. The molecule has 9 heteroatoms. The monoisotopic (exact) mass is 291 g/mol. The van der Waals surface area contributed by atoms with Gasteiger partial charge in [0.05, 0.1) is 5.69 Å². The van der Waals surface area contributed by atoms with E-state index in [9.17, 15) is 4.79 Å². The summed E-state index contributed by atoms with van der Waals surface area (Å²) >= 11 is 6.07. The Morgan fingerprint density at radius 1 is 1.40 bits per heavy atom. The number of aromatic nitrogens is 6. The summed E-state index contributed by atoms with van der Waals surface area (Å²) in [6, 6.07) is 1.70. The average molecular weight is 292 g/mol. The van der Waals surface area contributed by atoms with Crippen LogP contribution in [0.5, 0.6) is 0 Å². The van der Waals surface area contributed by atoms with E-state index in [0.717, 1.165) is 5.69 Å². The second kappa shape index (κ2) is 4.57. The summed E-state index contributed by atoms with van der Waals surface area (Å²) in [6.45, 7) is 1.80. The van der Waals surface area contributed by atoms with Crippen LogP contribution < -0.4 is 5.32 Å². The number of nitrogens with one attached hydrogen (secondary N) is 1. The van der Waals surface area contributed by atoms with Crippen molar-refractivity contribution in [2.24, 2.45) is 7.05 Å². The van der Waals surface area contributed by atoms with Crippen molar-refractivity contribution in [2.75, 3.05) is 5.32 Å². The number of carbonyl (C=O) groups excluding carboxylic acids is 1. The molecule has 3 aromatic heterocycles. The van der Waals surface area contributed by atoms with Crippen LogP contribution in [0.2, 0.25) is 5.02 Å². The first-order valence-corrected chi connectivity index (χ1v) is 6.12. The van der Waals surface area contributed by atoms with Crippen molar-refractivity contribution in [3.63, 3.8) is 0 Å². The number of amides is 1. The van der Waals surface area contributed by atoms with Gasteiger partial charge in [-0.25, -0.2) is 9.50 Å². The van der Waals surface area contributed by atoms with Gasteiger partial charge in [-0.3, -0.25) is 9.48 Å².